The normalized spacial score (nSPS) is 21.1. The summed E-state index contributed by atoms with van der Waals surface area (Å²) in [4.78, 5) is 24.8. The molecule has 0 aromatic carbocycles. The molecule has 0 radical (unpaired) electrons. The second-order valence-electron chi connectivity index (χ2n) is 5.24. The molecule has 1 saturated heterocycles. The molecule has 2 heterocycles. The number of amides is 1. The molecule has 5 heteroatoms. The second-order valence-corrected chi connectivity index (χ2v) is 5.24. The molecule has 1 amide bonds. The average molecular weight is 265 g/mol. The van der Waals surface area contributed by atoms with Crippen LogP contribution >= 0.6 is 0 Å². The van der Waals surface area contributed by atoms with Crippen LogP contribution in [0.15, 0.2) is 23.0 Å². The highest BCUT2D eigenvalue weighted by molar-refractivity contribution is 5.93. The van der Waals surface area contributed by atoms with Crippen LogP contribution in [-0.4, -0.2) is 35.0 Å². The van der Waals surface area contributed by atoms with E-state index in [0.29, 0.717) is 12.1 Å². The summed E-state index contributed by atoms with van der Waals surface area (Å²) in [5.41, 5.74) is 0.562. The predicted molar refractivity (Wildman–Crippen MR) is 68.8 cm³/mol. The summed E-state index contributed by atoms with van der Waals surface area (Å²) >= 11 is 0. The zero-order valence-corrected chi connectivity index (χ0v) is 11.0. The molecule has 19 heavy (non-hydrogen) atoms. The lowest BCUT2D eigenvalue weighted by molar-refractivity contribution is -0.138. The molecule has 1 N–H and O–H groups in total. The number of nitrogens with zero attached hydrogens (tertiary/aromatic N) is 1. The first kappa shape index (κ1) is 13.6. The van der Waals surface area contributed by atoms with E-state index in [2.05, 4.69) is 0 Å². The average Bonchev–Trinajstić information content (AvgIpc) is 2.91. The molecule has 1 fully saturated rings. The summed E-state index contributed by atoms with van der Waals surface area (Å²) in [7, 11) is 0. The zero-order valence-electron chi connectivity index (χ0n) is 11.0. The van der Waals surface area contributed by atoms with Gasteiger partial charge in [-0.2, -0.15) is 0 Å². The number of carboxylic acids is 1. The lowest BCUT2D eigenvalue weighted by atomic mass is 9.84. The number of aliphatic carboxylic acids is 1. The Hall–Kier alpha value is -1.78. The minimum Gasteiger partial charge on any atom is -0.481 e. The molecule has 2 unspecified atom stereocenters. The molecule has 5 nitrogen and oxygen atoms in total. The molecule has 0 bridgehead atoms. The van der Waals surface area contributed by atoms with Crippen molar-refractivity contribution < 1.29 is 19.1 Å². The molecule has 0 saturated carbocycles. The van der Waals surface area contributed by atoms with Gasteiger partial charge in [-0.15, -0.1) is 0 Å². The molecule has 1 aromatic rings. The maximum absolute atomic E-state index is 12.2. The lowest BCUT2D eigenvalue weighted by Crippen LogP contribution is -2.41. The molecule has 0 spiro atoms. The van der Waals surface area contributed by atoms with Crippen LogP contribution in [0.1, 0.15) is 36.5 Å². The van der Waals surface area contributed by atoms with Crippen LogP contribution in [0.4, 0.5) is 0 Å². The van der Waals surface area contributed by atoms with E-state index < -0.39 is 5.97 Å². The molecule has 1 aliphatic heterocycles. The van der Waals surface area contributed by atoms with Gasteiger partial charge in [-0.25, -0.2) is 0 Å². The Kier molecular flexibility index (Phi) is 4.24. The SMILES string of the molecule is CC(CC(=O)O)C1CCCN(C(=O)c2ccoc2)C1. The fraction of sp³-hybridized carbons (Fsp3) is 0.571. The van der Waals surface area contributed by atoms with Crippen molar-refractivity contribution in [3.63, 3.8) is 0 Å². The Morgan fingerprint density at radius 1 is 1.58 bits per heavy atom. The Bertz CT molecular complexity index is 440. The third-order valence-corrected chi connectivity index (χ3v) is 3.81. The Morgan fingerprint density at radius 2 is 2.37 bits per heavy atom. The Morgan fingerprint density at radius 3 is 3.00 bits per heavy atom. The van der Waals surface area contributed by atoms with Gasteiger partial charge in [0.1, 0.15) is 6.26 Å². The van der Waals surface area contributed by atoms with Crippen molar-refractivity contribution >= 4 is 11.9 Å². The van der Waals surface area contributed by atoms with Crippen molar-refractivity contribution in [1.82, 2.24) is 4.90 Å². The van der Waals surface area contributed by atoms with Crippen molar-refractivity contribution in [2.24, 2.45) is 11.8 Å². The molecular weight excluding hydrogens is 246 g/mol. The number of carboxylic acid groups (broad SMARTS) is 1. The van der Waals surface area contributed by atoms with Crippen LogP contribution in [0.2, 0.25) is 0 Å². The number of hydrogen-bond acceptors (Lipinski definition) is 3. The molecule has 104 valence electrons. The first-order valence-electron chi connectivity index (χ1n) is 6.61. The quantitative estimate of drug-likeness (QED) is 0.906. The molecule has 0 aliphatic carbocycles. The summed E-state index contributed by atoms with van der Waals surface area (Å²) < 4.78 is 4.93. The summed E-state index contributed by atoms with van der Waals surface area (Å²) in [6.45, 7) is 3.32. The number of furan rings is 1. The molecular formula is C14H19NO4. The summed E-state index contributed by atoms with van der Waals surface area (Å²) in [6.07, 6.45) is 5.02. The van der Waals surface area contributed by atoms with E-state index in [0.717, 1.165) is 19.4 Å². The van der Waals surface area contributed by atoms with Crippen molar-refractivity contribution in [2.45, 2.75) is 26.2 Å². The van der Waals surface area contributed by atoms with Gasteiger partial charge >= 0.3 is 5.97 Å². The van der Waals surface area contributed by atoms with Gasteiger partial charge < -0.3 is 14.4 Å². The number of rotatable bonds is 4. The van der Waals surface area contributed by atoms with Gasteiger partial charge in [0.15, 0.2) is 0 Å². The second kappa shape index (κ2) is 5.91. The van der Waals surface area contributed by atoms with Crippen LogP contribution in [0.3, 0.4) is 0 Å². The third kappa shape index (κ3) is 3.36. The zero-order chi connectivity index (χ0) is 13.8. The highest BCUT2D eigenvalue weighted by atomic mass is 16.4. The Balaban J connectivity index is 1.97. The maximum Gasteiger partial charge on any atom is 0.303 e. The highest BCUT2D eigenvalue weighted by Gasteiger charge is 2.29. The summed E-state index contributed by atoms with van der Waals surface area (Å²) in [6, 6.07) is 1.66. The lowest BCUT2D eigenvalue weighted by Gasteiger charge is -2.35. The monoisotopic (exact) mass is 265 g/mol. The van der Waals surface area contributed by atoms with Crippen LogP contribution < -0.4 is 0 Å². The smallest absolute Gasteiger partial charge is 0.303 e. The number of carbonyl (C=O) groups excluding carboxylic acids is 1. The van der Waals surface area contributed by atoms with Gasteiger partial charge in [0.25, 0.3) is 5.91 Å². The number of piperidine rings is 1. The largest absolute Gasteiger partial charge is 0.481 e. The van der Waals surface area contributed by atoms with Gasteiger partial charge in [-0.05, 0) is 30.7 Å². The predicted octanol–water partition coefficient (Wildman–Crippen LogP) is 2.24. The van der Waals surface area contributed by atoms with Crippen LogP contribution in [-0.2, 0) is 4.79 Å². The minimum atomic E-state index is -0.772. The Labute approximate surface area is 112 Å². The van der Waals surface area contributed by atoms with Gasteiger partial charge in [0.05, 0.1) is 11.8 Å². The first-order chi connectivity index (χ1) is 9.08. The maximum atomic E-state index is 12.2. The van der Waals surface area contributed by atoms with E-state index in [1.54, 1.807) is 11.0 Å². The summed E-state index contributed by atoms with van der Waals surface area (Å²) in [5, 5.41) is 8.85. The number of carbonyl (C=O) groups is 2. The van der Waals surface area contributed by atoms with Crippen molar-refractivity contribution in [2.75, 3.05) is 13.1 Å². The van der Waals surface area contributed by atoms with Gasteiger partial charge in [0.2, 0.25) is 0 Å². The van der Waals surface area contributed by atoms with E-state index in [9.17, 15) is 9.59 Å². The molecule has 2 rings (SSSR count). The van der Waals surface area contributed by atoms with Crippen molar-refractivity contribution in [3.8, 4) is 0 Å². The van der Waals surface area contributed by atoms with E-state index >= 15 is 0 Å². The fourth-order valence-corrected chi connectivity index (χ4v) is 2.67. The summed E-state index contributed by atoms with van der Waals surface area (Å²) in [5.74, 6) is -0.440. The number of hydrogen-bond donors (Lipinski definition) is 1. The van der Waals surface area contributed by atoms with Crippen LogP contribution in [0, 0.1) is 11.8 Å². The molecule has 1 aromatic heterocycles. The molecule has 2 atom stereocenters. The van der Waals surface area contributed by atoms with Crippen LogP contribution in [0.25, 0.3) is 0 Å². The minimum absolute atomic E-state index is 0.0269. The molecule has 1 aliphatic rings. The topological polar surface area (TPSA) is 70.8 Å². The van der Waals surface area contributed by atoms with E-state index in [1.807, 2.05) is 6.92 Å². The van der Waals surface area contributed by atoms with Crippen LogP contribution in [0.5, 0.6) is 0 Å². The standard InChI is InChI=1S/C14H19NO4/c1-10(7-13(16)17)11-3-2-5-15(8-11)14(18)12-4-6-19-9-12/h4,6,9-11H,2-3,5,7-8H2,1H3,(H,16,17). The third-order valence-electron chi connectivity index (χ3n) is 3.81. The highest BCUT2D eigenvalue weighted by Crippen LogP contribution is 2.27. The number of likely N-dealkylation sites (tertiary alicyclic amines) is 1. The van der Waals surface area contributed by atoms with Crippen molar-refractivity contribution in [3.05, 3.63) is 24.2 Å². The van der Waals surface area contributed by atoms with E-state index in [1.165, 1.54) is 12.5 Å². The fourth-order valence-electron chi connectivity index (χ4n) is 2.67. The van der Waals surface area contributed by atoms with Gasteiger partial charge in [0, 0.05) is 19.5 Å². The van der Waals surface area contributed by atoms with Crippen molar-refractivity contribution in [1.29, 1.82) is 0 Å². The van der Waals surface area contributed by atoms with E-state index in [-0.39, 0.29) is 24.2 Å². The van der Waals surface area contributed by atoms with E-state index in [4.69, 9.17) is 9.52 Å². The van der Waals surface area contributed by atoms with Gasteiger partial charge in [-0.3, -0.25) is 9.59 Å². The first-order valence-corrected chi connectivity index (χ1v) is 6.61. The van der Waals surface area contributed by atoms with Gasteiger partial charge in [-0.1, -0.05) is 6.92 Å².